The normalized spacial score (nSPS) is 14.9. The quantitative estimate of drug-likeness (QED) is 0.139. The Labute approximate surface area is 174 Å². The summed E-state index contributed by atoms with van der Waals surface area (Å²) in [6.45, 7) is 1.05. The van der Waals surface area contributed by atoms with E-state index in [9.17, 15) is 24.3 Å². The monoisotopic (exact) mass is 435 g/mol. The lowest BCUT2D eigenvalue weighted by atomic mass is 10.1. The van der Waals surface area contributed by atoms with Crippen molar-refractivity contribution in [3.05, 3.63) is 0 Å². The molecule has 0 rings (SSSR count). The van der Waals surface area contributed by atoms with Gasteiger partial charge >= 0.3 is 5.97 Å². The molecule has 3 amide bonds. The number of amides is 3. The van der Waals surface area contributed by atoms with Crippen LogP contribution < -0.4 is 27.4 Å². The number of carboxylic acid groups (broad SMARTS) is 1. The minimum atomic E-state index is -1.37. The smallest absolute Gasteiger partial charge is 0.322 e. The lowest BCUT2D eigenvalue weighted by Gasteiger charge is -2.25. The van der Waals surface area contributed by atoms with Gasteiger partial charge in [0.15, 0.2) is 0 Å². The number of carbonyl (C=O) groups is 4. The summed E-state index contributed by atoms with van der Waals surface area (Å²) in [5, 5.41) is 25.5. The number of aliphatic carboxylic acids is 1. The summed E-state index contributed by atoms with van der Waals surface area (Å²) in [4.78, 5) is 47.6. The van der Waals surface area contributed by atoms with Crippen LogP contribution in [0.1, 0.15) is 32.6 Å². The molecular weight excluding hydrogens is 402 g/mol. The predicted octanol–water partition coefficient (Wildman–Crippen LogP) is -2.25. The minimum absolute atomic E-state index is 0.271. The van der Waals surface area contributed by atoms with E-state index in [0.717, 1.165) is 0 Å². The van der Waals surface area contributed by atoms with Crippen LogP contribution in [0.4, 0.5) is 0 Å². The van der Waals surface area contributed by atoms with Crippen molar-refractivity contribution in [1.82, 2.24) is 16.0 Å². The van der Waals surface area contributed by atoms with E-state index in [0.29, 0.717) is 31.6 Å². The SMILES string of the molecule is CSCCC(N)C(=O)NC(CCCCN)C(=O)NC(C(=O)NCC(=O)O)C(C)O. The van der Waals surface area contributed by atoms with Gasteiger partial charge in [-0.2, -0.15) is 11.8 Å². The first-order valence-electron chi connectivity index (χ1n) is 9.36. The van der Waals surface area contributed by atoms with Crippen LogP contribution in [0.25, 0.3) is 0 Å². The van der Waals surface area contributed by atoms with Gasteiger partial charge in [-0.05, 0) is 51.2 Å². The molecule has 0 saturated heterocycles. The first-order chi connectivity index (χ1) is 13.6. The average Bonchev–Trinajstić information content (AvgIpc) is 2.66. The summed E-state index contributed by atoms with van der Waals surface area (Å²) in [5.41, 5.74) is 11.3. The standard InChI is InChI=1S/C17H33N5O6S/c1-10(23)14(17(28)20-9-13(24)25)22-16(27)12(5-3-4-7-18)21-15(26)11(19)6-8-29-2/h10-12,14,23H,3-9,18-19H2,1-2H3,(H,20,28)(H,21,26)(H,22,27)(H,24,25). The van der Waals surface area contributed by atoms with E-state index in [1.165, 1.54) is 6.92 Å². The van der Waals surface area contributed by atoms with Crippen molar-refractivity contribution in [2.75, 3.05) is 25.1 Å². The molecule has 0 aliphatic heterocycles. The fraction of sp³-hybridized carbons (Fsp3) is 0.765. The molecule has 0 bridgehead atoms. The zero-order chi connectivity index (χ0) is 22.4. The molecule has 0 radical (unpaired) electrons. The molecule has 0 aliphatic carbocycles. The van der Waals surface area contributed by atoms with Gasteiger partial charge in [-0.3, -0.25) is 19.2 Å². The van der Waals surface area contributed by atoms with Crippen LogP contribution >= 0.6 is 11.8 Å². The molecule has 4 atom stereocenters. The Hall–Kier alpha value is -1.89. The Balaban J connectivity index is 5.11. The topological polar surface area (TPSA) is 197 Å². The molecule has 0 aromatic carbocycles. The van der Waals surface area contributed by atoms with Crippen molar-refractivity contribution in [2.24, 2.45) is 11.5 Å². The molecule has 12 heteroatoms. The van der Waals surface area contributed by atoms with Crippen LogP contribution in [-0.2, 0) is 19.2 Å². The van der Waals surface area contributed by atoms with Crippen molar-refractivity contribution >= 4 is 35.5 Å². The number of rotatable bonds is 15. The Kier molecular flexibility index (Phi) is 14.0. The summed E-state index contributed by atoms with van der Waals surface area (Å²) >= 11 is 1.54. The second-order valence-corrected chi connectivity index (χ2v) is 7.56. The molecule has 0 heterocycles. The molecule has 11 nitrogen and oxygen atoms in total. The van der Waals surface area contributed by atoms with E-state index in [4.69, 9.17) is 16.6 Å². The molecule has 0 fully saturated rings. The van der Waals surface area contributed by atoms with Crippen LogP contribution in [0.3, 0.4) is 0 Å². The maximum Gasteiger partial charge on any atom is 0.322 e. The average molecular weight is 436 g/mol. The number of nitrogens with one attached hydrogen (secondary N) is 3. The molecule has 168 valence electrons. The van der Waals surface area contributed by atoms with Gasteiger partial charge < -0.3 is 37.6 Å². The minimum Gasteiger partial charge on any atom is -0.480 e. The fourth-order valence-corrected chi connectivity index (χ4v) is 2.84. The van der Waals surface area contributed by atoms with E-state index in [1.807, 2.05) is 6.26 Å². The third-order valence-corrected chi connectivity index (χ3v) is 4.67. The van der Waals surface area contributed by atoms with Crippen LogP contribution in [0.2, 0.25) is 0 Å². The Bertz CT molecular complexity index is 548. The van der Waals surface area contributed by atoms with Gasteiger partial charge in [-0.15, -0.1) is 0 Å². The van der Waals surface area contributed by atoms with Crippen LogP contribution in [0, 0.1) is 0 Å². The van der Waals surface area contributed by atoms with Crippen LogP contribution in [0.5, 0.6) is 0 Å². The number of thioether (sulfide) groups is 1. The predicted molar refractivity (Wildman–Crippen MR) is 110 cm³/mol. The first kappa shape index (κ1) is 27.1. The van der Waals surface area contributed by atoms with Gasteiger partial charge in [0, 0.05) is 0 Å². The highest BCUT2D eigenvalue weighted by atomic mass is 32.2. The van der Waals surface area contributed by atoms with E-state index in [-0.39, 0.29) is 6.42 Å². The summed E-state index contributed by atoms with van der Waals surface area (Å²) in [7, 11) is 0. The van der Waals surface area contributed by atoms with E-state index < -0.39 is 54.5 Å². The van der Waals surface area contributed by atoms with Gasteiger partial charge in [-0.25, -0.2) is 0 Å². The molecule has 0 aliphatic rings. The Morgan fingerprint density at radius 1 is 1.03 bits per heavy atom. The molecule has 29 heavy (non-hydrogen) atoms. The largest absolute Gasteiger partial charge is 0.480 e. The van der Waals surface area contributed by atoms with Gasteiger partial charge in [0.25, 0.3) is 0 Å². The van der Waals surface area contributed by atoms with Crippen molar-refractivity contribution in [2.45, 2.75) is 56.8 Å². The van der Waals surface area contributed by atoms with Crippen LogP contribution in [-0.4, -0.2) is 83.2 Å². The Morgan fingerprint density at radius 3 is 2.21 bits per heavy atom. The van der Waals surface area contributed by atoms with Crippen molar-refractivity contribution in [3.63, 3.8) is 0 Å². The second-order valence-electron chi connectivity index (χ2n) is 6.57. The van der Waals surface area contributed by atoms with Crippen molar-refractivity contribution < 1.29 is 29.4 Å². The molecule has 0 aromatic heterocycles. The highest BCUT2D eigenvalue weighted by molar-refractivity contribution is 7.98. The highest BCUT2D eigenvalue weighted by Gasteiger charge is 2.30. The molecular formula is C17H33N5O6S. The maximum absolute atomic E-state index is 12.7. The van der Waals surface area contributed by atoms with Gasteiger partial charge in [0.05, 0.1) is 12.1 Å². The lowest BCUT2D eigenvalue weighted by molar-refractivity contribution is -0.139. The maximum atomic E-state index is 12.7. The first-order valence-corrected chi connectivity index (χ1v) is 10.8. The zero-order valence-electron chi connectivity index (χ0n) is 16.8. The third-order valence-electron chi connectivity index (χ3n) is 4.03. The molecule has 0 spiro atoms. The number of hydrogen-bond acceptors (Lipinski definition) is 8. The van der Waals surface area contributed by atoms with E-state index in [2.05, 4.69) is 16.0 Å². The molecule has 9 N–H and O–H groups in total. The molecule has 0 saturated carbocycles. The number of unbranched alkanes of at least 4 members (excludes halogenated alkanes) is 1. The van der Waals surface area contributed by atoms with Crippen molar-refractivity contribution in [1.29, 1.82) is 0 Å². The summed E-state index contributed by atoms with van der Waals surface area (Å²) < 4.78 is 0. The zero-order valence-corrected chi connectivity index (χ0v) is 17.7. The van der Waals surface area contributed by atoms with Gasteiger partial charge in [0.1, 0.15) is 18.6 Å². The van der Waals surface area contributed by atoms with Gasteiger partial charge in [0.2, 0.25) is 17.7 Å². The number of hydrogen-bond donors (Lipinski definition) is 7. The summed E-state index contributed by atoms with van der Waals surface area (Å²) in [6.07, 6.45) is 2.51. The second kappa shape index (κ2) is 15.0. The highest BCUT2D eigenvalue weighted by Crippen LogP contribution is 2.05. The Morgan fingerprint density at radius 2 is 1.69 bits per heavy atom. The van der Waals surface area contributed by atoms with Crippen LogP contribution in [0.15, 0.2) is 0 Å². The summed E-state index contributed by atoms with van der Waals surface area (Å²) in [6, 6.07) is -3.12. The number of carboxylic acids is 1. The number of nitrogens with two attached hydrogens (primary N) is 2. The number of aliphatic hydroxyl groups excluding tert-OH is 1. The van der Waals surface area contributed by atoms with E-state index in [1.54, 1.807) is 11.8 Å². The van der Waals surface area contributed by atoms with Crippen molar-refractivity contribution in [3.8, 4) is 0 Å². The van der Waals surface area contributed by atoms with E-state index >= 15 is 0 Å². The van der Waals surface area contributed by atoms with Gasteiger partial charge in [-0.1, -0.05) is 0 Å². The lowest BCUT2D eigenvalue weighted by Crippen LogP contribution is -2.58. The molecule has 0 aromatic rings. The molecule has 4 unspecified atom stereocenters. The fourth-order valence-electron chi connectivity index (χ4n) is 2.35. The number of aliphatic hydroxyl groups is 1. The summed E-state index contributed by atoms with van der Waals surface area (Å²) in [5.74, 6) is -2.59. The third kappa shape index (κ3) is 11.6. The number of carbonyl (C=O) groups excluding carboxylic acids is 3.